The molecule has 1 saturated carbocycles. The van der Waals surface area contributed by atoms with Crippen LogP contribution in [-0.4, -0.2) is 22.2 Å². The van der Waals surface area contributed by atoms with Crippen molar-refractivity contribution in [3.05, 3.63) is 11.9 Å². The minimum atomic E-state index is 0.00407. The third-order valence-corrected chi connectivity index (χ3v) is 2.57. The molecule has 0 atom stereocenters. The zero-order valence-electron chi connectivity index (χ0n) is 8.86. The molecular formula is C10H16N4O. The van der Waals surface area contributed by atoms with Crippen LogP contribution in [0.2, 0.25) is 0 Å². The number of aromatic nitrogens is 2. The lowest BCUT2D eigenvalue weighted by atomic mass is 10.4. The van der Waals surface area contributed by atoms with Crippen molar-refractivity contribution in [1.29, 1.82) is 0 Å². The first kappa shape index (κ1) is 10.0. The second-order valence-electron chi connectivity index (χ2n) is 4.11. The van der Waals surface area contributed by atoms with Crippen molar-refractivity contribution in [1.82, 2.24) is 15.1 Å². The normalized spacial score (nSPS) is 15.3. The Morgan fingerprint density at radius 3 is 3.00 bits per heavy atom. The van der Waals surface area contributed by atoms with Crippen LogP contribution in [0.1, 0.15) is 18.5 Å². The molecule has 0 aliphatic heterocycles. The molecule has 5 nitrogen and oxygen atoms in total. The Morgan fingerprint density at radius 1 is 1.73 bits per heavy atom. The number of nitrogens with one attached hydrogen (secondary N) is 1. The molecule has 5 heteroatoms. The molecule has 2 rings (SSSR count). The number of anilines is 1. The van der Waals surface area contributed by atoms with Crippen LogP contribution in [-0.2, 0) is 11.3 Å². The fourth-order valence-electron chi connectivity index (χ4n) is 1.40. The van der Waals surface area contributed by atoms with Crippen molar-refractivity contribution in [2.24, 2.45) is 5.92 Å². The van der Waals surface area contributed by atoms with Gasteiger partial charge in [0.25, 0.3) is 0 Å². The average Bonchev–Trinajstić information content (AvgIpc) is 2.93. The summed E-state index contributed by atoms with van der Waals surface area (Å²) in [6, 6.07) is 0. The van der Waals surface area contributed by atoms with Crippen LogP contribution in [0.15, 0.2) is 6.20 Å². The van der Waals surface area contributed by atoms with E-state index in [0.29, 0.717) is 11.6 Å². The molecule has 3 N–H and O–H groups in total. The molecule has 1 aliphatic rings. The maximum Gasteiger partial charge on any atom is 0.241 e. The quantitative estimate of drug-likeness (QED) is 0.747. The van der Waals surface area contributed by atoms with Gasteiger partial charge in [0.2, 0.25) is 5.91 Å². The largest absolute Gasteiger partial charge is 0.396 e. The first-order valence-electron chi connectivity index (χ1n) is 5.21. The summed E-state index contributed by atoms with van der Waals surface area (Å²) in [7, 11) is 0. The minimum absolute atomic E-state index is 0.00407. The van der Waals surface area contributed by atoms with Crippen LogP contribution in [0, 0.1) is 12.8 Å². The van der Waals surface area contributed by atoms with Crippen LogP contribution in [0.5, 0.6) is 0 Å². The fourth-order valence-corrected chi connectivity index (χ4v) is 1.40. The van der Waals surface area contributed by atoms with Crippen LogP contribution < -0.4 is 11.1 Å². The molecule has 0 bridgehead atoms. The van der Waals surface area contributed by atoms with Crippen molar-refractivity contribution in [2.75, 3.05) is 12.3 Å². The van der Waals surface area contributed by atoms with E-state index in [0.717, 1.165) is 12.2 Å². The summed E-state index contributed by atoms with van der Waals surface area (Å²) >= 11 is 0. The van der Waals surface area contributed by atoms with E-state index in [4.69, 9.17) is 5.73 Å². The molecule has 15 heavy (non-hydrogen) atoms. The van der Waals surface area contributed by atoms with Gasteiger partial charge in [0.05, 0.1) is 11.4 Å². The number of nitrogen functional groups attached to an aromatic ring is 1. The summed E-state index contributed by atoms with van der Waals surface area (Å²) in [6.07, 6.45) is 4.17. The first-order valence-corrected chi connectivity index (χ1v) is 5.21. The van der Waals surface area contributed by atoms with Crippen molar-refractivity contribution in [3.8, 4) is 0 Å². The molecular weight excluding hydrogens is 192 g/mol. The van der Waals surface area contributed by atoms with Gasteiger partial charge < -0.3 is 11.1 Å². The van der Waals surface area contributed by atoms with Crippen LogP contribution in [0.3, 0.4) is 0 Å². The average molecular weight is 208 g/mol. The Hall–Kier alpha value is -1.52. The second-order valence-corrected chi connectivity index (χ2v) is 4.11. The number of nitrogens with zero attached hydrogens (tertiary/aromatic N) is 2. The molecule has 1 aromatic heterocycles. The SMILES string of the molecule is Cc1nn(CC(=O)NCC2CC2)cc1N. The summed E-state index contributed by atoms with van der Waals surface area (Å²) in [5.74, 6) is 0.711. The van der Waals surface area contributed by atoms with Gasteiger partial charge in [0, 0.05) is 12.7 Å². The number of aryl methyl sites for hydroxylation is 1. The predicted octanol–water partition coefficient (Wildman–Crippen LogP) is 0.300. The number of rotatable bonds is 4. The van der Waals surface area contributed by atoms with Crippen LogP contribution in [0.25, 0.3) is 0 Å². The highest BCUT2D eigenvalue weighted by molar-refractivity contribution is 5.75. The van der Waals surface area contributed by atoms with Crippen LogP contribution >= 0.6 is 0 Å². The maximum absolute atomic E-state index is 11.5. The molecule has 0 aromatic carbocycles. The first-order chi connectivity index (χ1) is 7.15. The van der Waals surface area contributed by atoms with Gasteiger partial charge in [-0.2, -0.15) is 5.10 Å². The third kappa shape index (κ3) is 2.71. The molecule has 0 radical (unpaired) electrons. The van der Waals surface area contributed by atoms with E-state index in [1.165, 1.54) is 12.8 Å². The summed E-state index contributed by atoms with van der Waals surface area (Å²) in [4.78, 5) is 11.5. The van der Waals surface area contributed by atoms with E-state index < -0.39 is 0 Å². The number of hydrogen-bond acceptors (Lipinski definition) is 3. The summed E-state index contributed by atoms with van der Waals surface area (Å²) in [5.41, 5.74) is 7.03. The Bertz CT molecular complexity index is 348. The Labute approximate surface area is 88.6 Å². The van der Waals surface area contributed by atoms with Crippen molar-refractivity contribution >= 4 is 11.6 Å². The van der Waals surface area contributed by atoms with Gasteiger partial charge in [-0.1, -0.05) is 0 Å². The molecule has 0 spiro atoms. The van der Waals surface area contributed by atoms with E-state index in [2.05, 4.69) is 10.4 Å². The highest BCUT2D eigenvalue weighted by Crippen LogP contribution is 2.27. The molecule has 1 aromatic rings. The molecule has 1 fully saturated rings. The lowest BCUT2D eigenvalue weighted by Gasteiger charge is -2.03. The van der Waals surface area contributed by atoms with E-state index >= 15 is 0 Å². The second kappa shape index (κ2) is 3.92. The van der Waals surface area contributed by atoms with Gasteiger partial charge in [-0.25, -0.2) is 0 Å². The Kier molecular flexibility index (Phi) is 2.62. The van der Waals surface area contributed by atoms with Gasteiger partial charge >= 0.3 is 0 Å². The molecule has 0 unspecified atom stereocenters. The Morgan fingerprint density at radius 2 is 2.47 bits per heavy atom. The molecule has 1 heterocycles. The molecule has 1 amide bonds. The van der Waals surface area contributed by atoms with Crippen LogP contribution in [0.4, 0.5) is 5.69 Å². The smallest absolute Gasteiger partial charge is 0.241 e. The predicted molar refractivity (Wildman–Crippen MR) is 57.1 cm³/mol. The monoisotopic (exact) mass is 208 g/mol. The highest BCUT2D eigenvalue weighted by atomic mass is 16.2. The standard InChI is InChI=1S/C10H16N4O/c1-7-9(11)5-14(13-7)6-10(15)12-4-8-2-3-8/h5,8H,2-4,6,11H2,1H3,(H,12,15). The van der Waals surface area contributed by atoms with Crippen molar-refractivity contribution in [3.63, 3.8) is 0 Å². The van der Waals surface area contributed by atoms with Gasteiger partial charge in [-0.05, 0) is 25.7 Å². The zero-order chi connectivity index (χ0) is 10.8. The summed E-state index contributed by atoms with van der Waals surface area (Å²) < 4.78 is 1.58. The van der Waals surface area contributed by atoms with Crippen molar-refractivity contribution in [2.45, 2.75) is 26.3 Å². The number of carbonyl (C=O) groups excluding carboxylic acids is 1. The van der Waals surface area contributed by atoms with Crippen molar-refractivity contribution < 1.29 is 4.79 Å². The van der Waals surface area contributed by atoms with E-state index in [9.17, 15) is 4.79 Å². The topological polar surface area (TPSA) is 72.9 Å². The van der Waals surface area contributed by atoms with E-state index in [1.54, 1.807) is 10.9 Å². The van der Waals surface area contributed by atoms with Gasteiger partial charge in [-0.3, -0.25) is 9.48 Å². The molecule has 0 saturated heterocycles. The lowest BCUT2D eigenvalue weighted by molar-refractivity contribution is -0.121. The van der Waals surface area contributed by atoms with E-state index in [-0.39, 0.29) is 12.5 Å². The minimum Gasteiger partial charge on any atom is -0.396 e. The van der Waals surface area contributed by atoms with Gasteiger partial charge in [0.1, 0.15) is 6.54 Å². The molecule has 1 aliphatic carbocycles. The fraction of sp³-hybridized carbons (Fsp3) is 0.600. The zero-order valence-corrected chi connectivity index (χ0v) is 8.86. The lowest BCUT2D eigenvalue weighted by Crippen LogP contribution is -2.29. The number of hydrogen-bond donors (Lipinski definition) is 2. The number of nitrogens with two attached hydrogens (primary N) is 1. The van der Waals surface area contributed by atoms with E-state index in [1.807, 2.05) is 6.92 Å². The van der Waals surface area contributed by atoms with Gasteiger partial charge in [0.15, 0.2) is 0 Å². The summed E-state index contributed by atoms with van der Waals surface area (Å²) in [6.45, 7) is 2.88. The Balaban J connectivity index is 1.81. The third-order valence-electron chi connectivity index (χ3n) is 2.57. The molecule has 82 valence electrons. The maximum atomic E-state index is 11.5. The number of amides is 1. The number of carbonyl (C=O) groups is 1. The van der Waals surface area contributed by atoms with Gasteiger partial charge in [-0.15, -0.1) is 0 Å². The summed E-state index contributed by atoms with van der Waals surface area (Å²) in [5, 5.41) is 7.00. The highest BCUT2D eigenvalue weighted by Gasteiger charge is 2.21.